The molecule has 1 N–H and O–H groups in total. The van der Waals surface area contributed by atoms with Gasteiger partial charge in [-0.2, -0.15) is 5.26 Å². The molecule has 0 radical (unpaired) electrons. The molecule has 0 atom stereocenters. The number of nitro benzene ring substituents is 1. The molecule has 0 aliphatic carbocycles. The van der Waals surface area contributed by atoms with Crippen LogP contribution in [0.4, 0.5) is 10.7 Å². The van der Waals surface area contributed by atoms with E-state index < -0.39 is 20.9 Å². The summed E-state index contributed by atoms with van der Waals surface area (Å²) in [5, 5.41) is 20.1. The molecule has 1 aromatic carbocycles. The fraction of sp³-hybridized carbons (Fsp3) is 0.200. The van der Waals surface area contributed by atoms with Crippen molar-refractivity contribution < 1.29 is 22.9 Å². The third kappa shape index (κ3) is 3.81. The van der Waals surface area contributed by atoms with E-state index in [2.05, 4.69) is 4.72 Å². The van der Waals surface area contributed by atoms with Crippen molar-refractivity contribution in [3.8, 4) is 6.07 Å². The standard InChI is InChI=1S/C15H13N3O6S2/c1-3-24-15(19)13-9(2)12(8-16)14(25-13)17-26(22,23)11-6-4-5-10(7-11)18(20)21/h4-7,17H,3H2,1-2H3. The van der Waals surface area contributed by atoms with Crippen molar-refractivity contribution >= 4 is 38.0 Å². The lowest BCUT2D eigenvalue weighted by Crippen LogP contribution is -2.13. The zero-order valence-corrected chi connectivity index (χ0v) is 15.3. The van der Waals surface area contributed by atoms with Crippen molar-refractivity contribution in [2.45, 2.75) is 18.7 Å². The molecule has 0 aliphatic heterocycles. The number of carbonyl (C=O) groups is 1. The number of esters is 1. The van der Waals surface area contributed by atoms with E-state index in [0.717, 1.165) is 23.5 Å². The topological polar surface area (TPSA) is 139 Å². The van der Waals surface area contributed by atoms with Crippen molar-refractivity contribution in [3.05, 3.63) is 50.4 Å². The first-order valence-electron chi connectivity index (χ1n) is 7.19. The number of nitriles is 1. The predicted molar refractivity (Wildman–Crippen MR) is 93.6 cm³/mol. The molecule has 0 saturated heterocycles. The molecule has 0 amide bonds. The average Bonchev–Trinajstić information content (AvgIpc) is 2.90. The van der Waals surface area contributed by atoms with Gasteiger partial charge in [0.1, 0.15) is 15.9 Å². The number of anilines is 1. The van der Waals surface area contributed by atoms with Crippen LogP contribution in [-0.2, 0) is 14.8 Å². The quantitative estimate of drug-likeness (QED) is 0.450. The number of non-ortho nitro benzene ring substituents is 1. The molecule has 2 aromatic rings. The first-order chi connectivity index (χ1) is 12.2. The first-order valence-corrected chi connectivity index (χ1v) is 9.49. The Morgan fingerprint density at radius 1 is 1.46 bits per heavy atom. The van der Waals surface area contributed by atoms with E-state index in [4.69, 9.17) is 4.74 Å². The normalized spacial score (nSPS) is 10.8. The van der Waals surface area contributed by atoms with Crippen LogP contribution in [0.15, 0.2) is 29.2 Å². The Balaban J connectivity index is 2.46. The van der Waals surface area contributed by atoms with Crippen LogP contribution >= 0.6 is 11.3 Å². The summed E-state index contributed by atoms with van der Waals surface area (Å²) in [5.41, 5.74) is -0.0947. The third-order valence-corrected chi connectivity index (χ3v) is 5.95. The minimum absolute atomic E-state index is 0.00735. The SMILES string of the molecule is CCOC(=O)c1sc(NS(=O)(=O)c2cccc([N+](=O)[O-])c2)c(C#N)c1C. The van der Waals surface area contributed by atoms with Crippen LogP contribution in [-0.4, -0.2) is 25.9 Å². The van der Waals surface area contributed by atoms with Crippen LogP contribution in [0, 0.1) is 28.4 Å². The molecule has 1 heterocycles. The molecule has 11 heteroatoms. The number of ether oxygens (including phenoxy) is 1. The molecule has 0 bridgehead atoms. The lowest BCUT2D eigenvalue weighted by atomic mass is 10.2. The molecule has 0 unspecified atom stereocenters. The van der Waals surface area contributed by atoms with Gasteiger partial charge in [-0.25, -0.2) is 13.2 Å². The summed E-state index contributed by atoms with van der Waals surface area (Å²) in [7, 11) is -4.19. The van der Waals surface area contributed by atoms with Gasteiger partial charge < -0.3 is 4.74 Å². The van der Waals surface area contributed by atoms with Crippen molar-refractivity contribution in [2.75, 3.05) is 11.3 Å². The first kappa shape index (κ1) is 19.4. The van der Waals surface area contributed by atoms with Crippen molar-refractivity contribution in [2.24, 2.45) is 0 Å². The smallest absolute Gasteiger partial charge is 0.348 e. The Morgan fingerprint density at radius 2 is 2.15 bits per heavy atom. The van der Waals surface area contributed by atoms with Gasteiger partial charge in [0, 0.05) is 12.1 Å². The maximum atomic E-state index is 12.5. The van der Waals surface area contributed by atoms with E-state index in [0.29, 0.717) is 5.56 Å². The number of thiophene rings is 1. The summed E-state index contributed by atoms with van der Waals surface area (Å²) in [6, 6.07) is 6.34. The van der Waals surface area contributed by atoms with Crippen molar-refractivity contribution in [1.82, 2.24) is 0 Å². The van der Waals surface area contributed by atoms with Gasteiger partial charge in [0.25, 0.3) is 15.7 Å². The number of nitro groups is 1. The number of nitrogens with zero attached hydrogens (tertiary/aromatic N) is 2. The van der Waals surface area contributed by atoms with E-state index in [1.165, 1.54) is 19.1 Å². The van der Waals surface area contributed by atoms with E-state index in [-0.39, 0.29) is 32.6 Å². The van der Waals surface area contributed by atoms with Gasteiger partial charge in [0.15, 0.2) is 0 Å². The fourth-order valence-corrected chi connectivity index (χ4v) is 4.45. The third-order valence-electron chi connectivity index (χ3n) is 3.29. The molecule has 136 valence electrons. The van der Waals surface area contributed by atoms with Gasteiger partial charge in [-0.15, -0.1) is 11.3 Å². The van der Waals surface area contributed by atoms with E-state index in [1.54, 1.807) is 6.92 Å². The van der Waals surface area contributed by atoms with Crippen LogP contribution in [0.25, 0.3) is 0 Å². The lowest BCUT2D eigenvalue weighted by Gasteiger charge is -2.06. The minimum atomic E-state index is -4.19. The van der Waals surface area contributed by atoms with E-state index in [1.807, 2.05) is 6.07 Å². The predicted octanol–water partition coefficient (Wildman–Crippen LogP) is 2.81. The number of nitrogens with one attached hydrogen (secondary N) is 1. The van der Waals surface area contributed by atoms with Crippen LogP contribution in [0.3, 0.4) is 0 Å². The van der Waals surface area contributed by atoms with Crippen LogP contribution in [0.5, 0.6) is 0 Å². The highest BCUT2D eigenvalue weighted by molar-refractivity contribution is 7.93. The van der Waals surface area contributed by atoms with Gasteiger partial charge in [-0.05, 0) is 25.5 Å². The Hall–Kier alpha value is -2.97. The Labute approximate surface area is 153 Å². The molecule has 0 aliphatic rings. The zero-order valence-electron chi connectivity index (χ0n) is 13.7. The minimum Gasteiger partial charge on any atom is -0.462 e. The van der Waals surface area contributed by atoms with Gasteiger partial charge >= 0.3 is 5.97 Å². The second-order valence-electron chi connectivity index (χ2n) is 4.95. The number of hydrogen-bond acceptors (Lipinski definition) is 8. The second-order valence-corrected chi connectivity index (χ2v) is 7.66. The number of hydrogen-bond donors (Lipinski definition) is 1. The molecule has 0 spiro atoms. The summed E-state index contributed by atoms with van der Waals surface area (Å²) in [5.74, 6) is -0.660. The van der Waals surface area contributed by atoms with E-state index in [9.17, 15) is 28.6 Å². The summed E-state index contributed by atoms with van der Waals surface area (Å²) < 4.78 is 32.1. The Kier molecular flexibility index (Phi) is 5.59. The van der Waals surface area contributed by atoms with Crippen LogP contribution in [0.1, 0.15) is 27.7 Å². The lowest BCUT2D eigenvalue weighted by molar-refractivity contribution is -0.385. The maximum Gasteiger partial charge on any atom is 0.348 e. The number of benzene rings is 1. The zero-order chi connectivity index (χ0) is 19.5. The highest BCUT2D eigenvalue weighted by atomic mass is 32.2. The van der Waals surface area contributed by atoms with Gasteiger partial charge in [0.05, 0.1) is 22.0 Å². The summed E-state index contributed by atoms with van der Waals surface area (Å²) in [4.78, 5) is 21.8. The van der Waals surface area contributed by atoms with Crippen LogP contribution < -0.4 is 4.72 Å². The molecule has 2 rings (SSSR count). The molecule has 26 heavy (non-hydrogen) atoms. The van der Waals surface area contributed by atoms with Gasteiger partial charge in [-0.1, -0.05) is 6.07 Å². The summed E-state index contributed by atoms with van der Waals surface area (Å²) >= 11 is 0.770. The highest BCUT2D eigenvalue weighted by Crippen LogP contribution is 2.34. The number of carbonyl (C=O) groups excluding carboxylic acids is 1. The molecule has 0 fully saturated rings. The average molecular weight is 395 g/mol. The summed E-state index contributed by atoms with van der Waals surface area (Å²) in [6.07, 6.45) is 0. The number of sulfonamides is 1. The number of rotatable bonds is 6. The molecule has 9 nitrogen and oxygen atoms in total. The molecule has 0 saturated carbocycles. The largest absolute Gasteiger partial charge is 0.462 e. The monoisotopic (exact) mass is 395 g/mol. The van der Waals surface area contributed by atoms with E-state index >= 15 is 0 Å². The second kappa shape index (κ2) is 7.51. The van der Waals surface area contributed by atoms with Crippen molar-refractivity contribution in [3.63, 3.8) is 0 Å². The van der Waals surface area contributed by atoms with Crippen molar-refractivity contribution in [1.29, 1.82) is 5.26 Å². The highest BCUT2D eigenvalue weighted by Gasteiger charge is 2.25. The Bertz CT molecular complexity index is 1020. The molecular formula is C15H13N3O6S2. The molecular weight excluding hydrogens is 382 g/mol. The van der Waals surface area contributed by atoms with Crippen LogP contribution in [0.2, 0.25) is 0 Å². The van der Waals surface area contributed by atoms with Gasteiger partial charge in [0.2, 0.25) is 0 Å². The Morgan fingerprint density at radius 3 is 2.73 bits per heavy atom. The molecule has 1 aromatic heterocycles. The fourth-order valence-electron chi connectivity index (χ4n) is 2.06. The summed E-state index contributed by atoms with van der Waals surface area (Å²) in [6.45, 7) is 3.26. The van der Waals surface area contributed by atoms with Gasteiger partial charge in [-0.3, -0.25) is 14.8 Å². The maximum absolute atomic E-state index is 12.5.